The highest BCUT2D eigenvalue weighted by atomic mass is 19.1. The van der Waals surface area contributed by atoms with Crippen LogP contribution in [-0.4, -0.2) is 19.8 Å². The summed E-state index contributed by atoms with van der Waals surface area (Å²) in [5.41, 5.74) is 1.86. The summed E-state index contributed by atoms with van der Waals surface area (Å²) in [6.07, 6.45) is 0. The average Bonchev–Trinajstić information content (AvgIpc) is 2.10. The number of anilines is 1. The monoisotopic (exact) mass is 197 g/mol. The lowest BCUT2D eigenvalue weighted by molar-refractivity contribution is 0.190. The van der Waals surface area contributed by atoms with Crippen LogP contribution in [0.5, 0.6) is 0 Å². The maximum atomic E-state index is 12.8. The van der Waals surface area contributed by atoms with Crippen molar-refractivity contribution in [2.24, 2.45) is 0 Å². The fourth-order valence-electron chi connectivity index (χ4n) is 1.35. The number of methoxy groups -OCH3 is 1. The molecule has 1 unspecified atom stereocenters. The first-order valence-electron chi connectivity index (χ1n) is 4.65. The van der Waals surface area contributed by atoms with Gasteiger partial charge in [-0.25, -0.2) is 4.39 Å². The van der Waals surface area contributed by atoms with Crippen molar-refractivity contribution in [3.63, 3.8) is 0 Å². The highest BCUT2D eigenvalue weighted by Crippen LogP contribution is 2.16. The van der Waals surface area contributed by atoms with Crippen molar-refractivity contribution in [2.75, 3.05) is 19.0 Å². The van der Waals surface area contributed by atoms with E-state index < -0.39 is 0 Å². The largest absolute Gasteiger partial charge is 0.383 e. The number of aryl methyl sites for hydroxylation is 1. The average molecular weight is 197 g/mol. The van der Waals surface area contributed by atoms with Gasteiger partial charge >= 0.3 is 0 Å². The smallest absolute Gasteiger partial charge is 0.123 e. The van der Waals surface area contributed by atoms with Gasteiger partial charge in [-0.1, -0.05) is 0 Å². The van der Waals surface area contributed by atoms with Gasteiger partial charge in [-0.15, -0.1) is 0 Å². The number of nitrogens with one attached hydrogen (secondary N) is 1. The molecule has 1 N–H and O–H groups in total. The summed E-state index contributed by atoms with van der Waals surface area (Å²) < 4.78 is 17.8. The minimum Gasteiger partial charge on any atom is -0.383 e. The van der Waals surface area contributed by atoms with Crippen molar-refractivity contribution in [1.29, 1.82) is 0 Å². The molecule has 1 atom stereocenters. The van der Waals surface area contributed by atoms with Gasteiger partial charge in [-0.05, 0) is 37.6 Å². The molecular formula is C11H16FNO. The zero-order valence-electron chi connectivity index (χ0n) is 8.80. The second-order valence-corrected chi connectivity index (χ2v) is 3.46. The van der Waals surface area contributed by atoms with Crippen molar-refractivity contribution in [3.05, 3.63) is 29.6 Å². The van der Waals surface area contributed by atoms with Crippen LogP contribution in [0.3, 0.4) is 0 Å². The van der Waals surface area contributed by atoms with Gasteiger partial charge in [0.15, 0.2) is 0 Å². The molecule has 0 aliphatic heterocycles. The second-order valence-electron chi connectivity index (χ2n) is 3.46. The fraction of sp³-hybridized carbons (Fsp3) is 0.455. The van der Waals surface area contributed by atoms with Gasteiger partial charge in [0, 0.05) is 18.8 Å². The van der Waals surface area contributed by atoms with Crippen LogP contribution in [0.1, 0.15) is 12.5 Å². The van der Waals surface area contributed by atoms with Crippen LogP contribution in [0.2, 0.25) is 0 Å². The fourth-order valence-corrected chi connectivity index (χ4v) is 1.35. The second kappa shape index (κ2) is 4.96. The number of benzene rings is 1. The molecular weight excluding hydrogens is 181 g/mol. The van der Waals surface area contributed by atoms with E-state index in [1.807, 2.05) is 13.8 Å². The van der Waals surface area contributed by atoms with Gasteiger partial charge in [0.05, 0.1) is 6.61 Å². The molecule has 0 amide bonds. The van der Waals surface area contributed by atoms with Crippen molar-refractivity contribution >= 4 is 5.69 Å². The molecule has 0 fully saturated rings. The molecule has 0 aliphatic rings. The molecule has 0 aromatic heterocycles. The molecule has 0 spiro atoms. The highest BCUT2D eigenvalue weighted by Gasteiger charge is 2.04. The number of rotatable bonds is 4. The summed E-state index contributed by atoms with van der Waals surface area (Å²) in [6, 6.07) is 4.94. The zero-order chi connectivity index (χ0) is 10.6. The van der Waals surface area contributed by atoms with E-state index in [0.717, 1.165) is 11.3 Å². The normalized spacial score (nSPS) is 12.6. The minimum absolute atomic E-state index is 0.201. The Labute approximate surface area is 84.1 Å². The van der Waals surface area contributed by atoms with E-state index >= 15 is 0 Å². The summed E-state index contributed by atoms with van der Waals surface area (Å²) in [4.78, 5) is 0. The van der Waals surface area contributed by atoms with E-state index in [1.54, 1.807) is 13.2 Å². The van der Waals surface area contributed by atoms with Crippen LogP contribution in [0.25, 0.3) is 0 Å². The Bertz CT molecular complexity index is 301. The minimum atomic E-state index is -0.201. The first kappa shape index (κ1) is 11.0. The summed E-state index contributed by atoms with van der Waals surface area (Å²) in [7, 11) is 1.66. The van der Waals surface area contributed by atoms with E-state index in [2.05, 4.69) is 5.32 Å². The Balaban J connectivity index is 2.67. The van der Waals surface area contributed by atoms with Crippen molar-refractivity contribution < 1.29 is 9.13 Å². The third kappa shape index (κ3) is 3.00. The molecule has 0 aliphatic carbocycles. The summed E-state index contributed by atoms with van der Waals surface area (Å²) in [5.74, 6) is -0.201. The summed E-state index contributed by atoms with van der Waals surface area (Å²) >= 11 is 0. The summed E-state index contributed by atoms with van der Waals surface area (Å²) in [5, 5.41) is 3.25. The van der Waals surface area contributed by atoms with Gasteiger partial charge in [0.2, 0.25) is 0 Å². The van der Waals surface area contributed by atoms with Crippen LogP contribution in [0.15, 0.2) is 18.2 Å². The molecule has 0 saturated carbocycles. The molecule has 3 heteroatoms. The lowest BCUT2D eigenvalue weighted by atomic mass is 10.2. The number of hydrogen-bond acceptors (Lipinski definition) is 2. The van der Waals surface area contributed by atoms with Crippen LogP contribution in [0, 0.1) is 12.7 Å². The molecule has 0 bridgehead atoms. The van der Waals surface area contributed by atoms with Gasteiger partial charge in [0.25, 0.3) is 0 Å². The van der Waals surface area contributed by atoms with Gasteiger partial charge in [-0.3, -0.25) is 0 Å². The maximum Gasteiger partial charge on any atom is 0.123 e. The van der Waals surface area contributed by atoms with Crippen LogP contribution < -0.4 is 5.32 Å². The Morgan fingerprint density at radius 3 is 2.79 bits per heavy atom. The van der Waals surface area contributed by atoms with Crippen molar-refractivity contribution in [2.45, 2.75) is 19.9 Å². The van der Waals surface area contributed by atoms with E-state index in [0.29, 0.717) is 6.61 Å². The topological polar surface area (TPSA) is 21.3 Å². The first-order valence-corrected chi connectivity index (χ1v) is 4.65. The Morgan fingerprint density at radius 1 is 1.50 bits per heavy atom. The lowest BCUT2D eigenvalue weighted by Gasteiger charge is -2.15. The number of ether oxygens (including phenoxy) is 1. The van der Waals surface area contributed by atoms with Gasteiger partial charge in [-0.2, -0.15) is 0 Å². The SMILES string of the molecule is COCC(C)Nc1ccc(F)cc1C. The Morgan fingerprint density at radius 2 is 2.21 bits per heavy atom. The predicted octanol–water partition coefficient (Wildman–Crippen LogP) is 2.58. The molecule has 1 rings (SSSR count). The lowest BCUT2D eigenvalue weighted by Crippen LogP contribution is -2.21. The Hall–Kier alpha value is -1.09. The molecule has 0 heterocycles. The molecule has 0 radical (unpaired) electrons. The van der Waals surface area contributed by atoms with E-state index in [9.17, 15) is 4.39 Å². The molecule has 1 aromatic carbocycles. The molecule has 2 nitrogen and oxygen atoms in total. The van der Waals surface area contributed by atoms with Gasteiger partial charge < -0.3 is 10.1 Å². The predicted molar refractivity (Wildman–Crippen MR) is 56.1 cm³/mol. The van der Waals surface area contributed by atoms with Crippen LogP contribution >= 0.6 is 0 Å². The molecule has 0 saturated heterocycles. The quantitative estimate of drug-likeness (QED) is 0.801. The molecule has 14 heavy (non-hydrogen) atoms. The zero-order valence-corrected chi connectivity index (χ0v) is 8.80. The third-order valence-corrected chi connectivity index (χ3v) is 2.01. The van der Waals surface area contributed by atoms with Crippen LogP contribution in [0.4, 0.5) is 10.1 Å². The first-order chi connectivity index (χ1) is 6.63. The number of halogens is 1. The third-order valence-electron chi connectivity index (χ3n) is 2.01. The molecule has 1 aromatic rings. The molecule has 78 valence electrons. The Kier molecular flexibility index (Phi) is 3.89. The van der Waals surface area contributed by atoms with E-state index in [-0.39, 0.29) is 11.9 Å². The van der Waals surface area contributed by atoms with Crippen LogP contribution in [-0.2, 0) is 4.74 Å². The standard InChI is InChI=1S/C11H16FNO/c1-8-6-10(12)4-5-11(8)13-9(2)7-14-3/h4-6,9,13H,7H2,1-3H3. The van der Waals surface area contributed by atoms with E-state index in [1.165, 1.54) is 12.1 Å². The highest BCUT2D eigenvalue weighted by molar-refractivity contribution is 5.51. The van der Waals surface area contributed by atoms with Crippen molar-refractivity contribution in [1.82, 2.24) is 0 Å². The summed E-state index contributed by atoms with van der Waals surface area (Å²) in [6.45, 7) is 4.54. The van der Waals surface area contributed by atoms with Crippen molar-refractivity contribution in [3.8, 4) is 0 Å². The maximum absolute atomic E-state index is 12.8. The van der Waals surface area contributed by atoms with E-state index in [4.69, 9.17) is 4.74 Å². The number of hydrogen-bond donors (Lipinski definition) is 1. The van der Waals surface area contributed by atoms with Gasteiger partial charge in [0.1, 0.15) is 5.82 Å².